The molecule has 1 aromatic carbocycles. The van der Waals surface area contributed by atoms with E-state index in [1.54, 1.807) is 30.2 Å². The number of aromatic nitrogens is 3. The molecule has 7 nitrogen and oxygen atoms in total. The summed E-state index contributed by atoms with van der Waals surface area (Å²) in [4.78, 5) is 18.2. The molecule has 3 heterocycles. The number of fused-ring (bicyclic) bond motifs is 1. The number of hydrogen-bond acceptors (Lipinski definition) is 5. The Morgan fingerprint density at radius 3 is 2.55 bits per heavy atom. The zero-order valence-corrected chi connectivity index (χ0v) is 18.3. The number of aryl methyl sites for hydroxylation is 2. The van der Waals surface area contributed by atoms with Crippen LogP contribution in [-0.2, 0) is 7.05 Å². The molecule has 0 radical (unpaired) electrons. The second kappa shape index (κ2) is 8.26. The Hall–Kier alpha value is -3.61. The first-order chi connectivity index (χ1) is 14.9. The molecule has 4 aromatic rings. The first kappa shape index (κ1) is 20.7. The lowest BCUT2D eigenvalue weighted by atomic mass is 9.95. The van der Waals surface area contributed by atoms with Crippen molar-refractivity contribution in [3.63, 3.8) is 0 Å². The lowest BCUT2D eigenvalue weighted by Gasteiger charge is -2.23. The van der Waals surface area contributed by atoms with Crippen LogP contribution >= 0.6 is 0 Å². The van der Waals surface area contributed by atoms with E-state index in [4.69, 9.17) is 9.15 Å². The van der Waals surface area contributed by atoms with Crippen molar-refractivity contribution in [3.8, 4) is 17.2 Å². The summed E-state index contributed by atoms with van der Waals surface area (Å²) < 4.78 is 12.5. The summed E-state index contributed by atoms with van der Waals surface area (Å²) in [6, 6.07) is 13.0. The monoisotopic (exact) mass is 418 g/mol. The second-order valence-corrected chi connectivity index (χ2v) is 7.91. The molecule has 160 valence electrons. The highest BCUT2D eigenvalue weighted by Gasteiger charge is 2.24. The van der Waals surface area contributed by atoms with Gasteiger partial charge in [0.05, 0.1) is 36.1 Å². The fourth-order valence-corrected chi connectivity index (χ4v) is 3.84. The van der Waals surface area contributed by atoms with Gasteiger partial charge in [-0.15, -0.1) is 0 Å². The molecule has 4 rings (SSSR count). The van der Waals surface area contributed by atoms with Crippen LogP contribution in [0.2, 0.25) is 0 Å². The molecular weight excluding hydrogens is 392 g/mol. The number of ether oxygens (including phenoxy) is 1. The molecule has 7 heteroatoms. The molecule has 1 unspecified atom stereocenters. The quantitative estimate of drug-likeness (QED) is 0.492. The molecule has 0 aliphatic rings. The van der Waals surface area contributed by atoms with Crippen molar-refractivity contribution < 1.29 is 13.9 Å². The van der Waals surface area contributed by atoms with Crippen molar-refractivity contribution in [3.05, 3.63) is 65.5 Å². The highest BCUT2D eigenvalue weighted by Crippen LogP contribution is 2.29. The fourth-order valence-electron chi connectivity index (χ4n) is 3.84. The smallest absolute Gasteiger partial charge is 0.252 e. The van der Waals surface area contributed by atoms with E-state index in [1.807, 2.05) is 44.3 Å². The Labute approximate surface area is 181 Å². The number of carbonyl (C=O) groups is 1. The third-order valence-electron chi connectivity index (χ3n) is 5.42. The molecule has 0 aliphatic carbocycles. The summed E-state index contributed by atoms with van der Waals surface area (Å²) in [5.41, 5.74) is 3.54. The van der Waals surface area contributed by atoms with Crippen molar-refractivity contribution in [2.75, 3.05) is 7.11 Å². The Balaban J connectivity index is 1.76. The van der Waals surface area contributed by atoms with Crippen molar-refractivity contribution in [1.29, 1.82) is 0 Å². The standard InChI is InChI=1S/C24H26N4O3/c1-14(2)22(16-8-10-17(30-5)11-9-16)26-24(29)18-13-19(20-7-6-12-31-20)25-23-21(18)15(3)27-28(23)4/h6-14,22H,1-5H3,(H,26,29). The van der Waals surface area contributed by atoms with Crippen LogP contribution in [0, 0.1) is 12.8 Å². The number of methoxy groups -OCH3 is 1. The normalized spacial score (nSPS) is 12.3. The van der Waals surface area contributed by atoms with Gasteiger partial charge >= 0.3 is 0 Å². The molecule has 3 aromatic heterocycles. The fraction of sp³-hybridized carbons (Fsp3) is 0.292. The van der Waals surface area contributed by atoms with Crippen molar-refractivity contribution in [2.45, 2.75) is 26.8 Å². The van der Waals surface area contributed by atoms with Crippen molar-refractivity contribution in [1.82, 2.24) is 20.1 Å². The maximum absolute atomic E-state index is 13.5. The number of furan rings is 1. The summed E-state index contributed by atoms with van der Waals surface area (Å²) in [5, 5.41) is 8.43. The Morgan fingerprint density at radius 2 is 1.94 bits per heavy atom. The minimum Gasteiger partial charge on any atom is -0.497 e. The predicted molar refractivity (Wildman–Crippen MR) is 119 cm³/mol. The van der Waals surface area contributed by atoms with E-state index in [1.165, 1.54) is 0 Å². The average molecular weight is 418 g/mol. The molecule has 1 N–H and O–H groups in total. The van der Waals surface area contributed by atoms with E-state index in [0.29, 0.717) is 22.7 Å². The van der Waals surface area contributed by atoms with Crippen LogP contribution in [0.25, 0.3) is 22.5 Å². The second-order valence-electron chi connectivity index (χ2n) is 7.91. The molecule has 1 amide bonds. The van der Waals surface area contributed by atoms with Crippen LogP contribution in [0.3, 0.4) is 0 Å². The zero-order valence-electron chi connectivity index (χ0n) is 18.3. The first-order valence-corrected chi connectivity index (χ1v) is 10.2. The van der Waals surface area contributed by atoms with Crippen LogP contribution in [0.4, 0.5) is 0 Å². The van der Waals surface area contributed by atoms with E-state index in [0.717, 1.165) is 22.4 Å². The van der Waals surface area contributed by atoms with Crippen LogP contribution < -0.4 is 10.1 Å². The largest absolute Gasteiger partial charge is 0.497 e. The molecule has 0 spiro atoms. The Bertz CT molecular complexity index is 1210. The SMILES string of the molecule is COc1ccc(C(NC(=O)c2cc(-c3ccco3)nc3c2c(C)nn3C)C(C)C)cc1. The van der Waals surface area contributed by atoms with E-state index >= 15 is 0 Å². The van der Waals surface area contributed by atoms with Gasteiger partial charge in [0, 0.05) is 7.05 Å². The van der Waals surface area contributed by atoms with Crippen molar-refractivity contribution >= 4 is 16.9 Å². The van der Waals surface area contributed by atoms with Gasteiger partial charge in [0.15, 0.2) is 11.4 Å². The summed E-state index contributed by atoms with van der Waals surface area (Å²) in [6.07, 6.45) is 1.59. The number of pyridine rings is 1. The van der Waals surface area contributed by atoms with E-state index in [-0.39, 0.29) is 17.9 Å². The minimum atomic E-state index is -0.175. The summed E-state index contributed by atoms with van der Waals surface area (Å²) in [7, 11) is 3.46. The number of nitrogens with one attached hydrogen (secondary N) is 1. The molecule has 0 fully saturated rings. The van der Waals surface area contributed by atoms with Crippen LogP contribution in [-0.4, -0.2) is 27.8 Å². The molecule has 31 heavy (non-hydrogen) atoms. The van der Waals surface area contributed by atoms with Gasteiger partial charge in [-0.1, -0.05) is 26.0 Å². The van der Waals surface area contributed by atoms with E-state index in [9.17, 15) is 4.79 Å². The third kappa shape index (κ3) is 3.91. The first-order valence-electron chi connectivity index (χ1n) is 10.2. The number of rotatable bonds is 6. The van der Waals surface area contributed by atoms with E-state index in [2.05, 4.69) is 29.2 Å². The summed E-state index contributed by atoms with van der Waals surface area (Å²) in [6.45, 7) is 6.05. The Kier molecular flexibility index (Phi) is 5.50. The summed E-state index contributed by atoms with van der Waals surface area (Å²) >= 11 is 0. The molecule has 1 atom stereocenters. The van der Waals surface area contributed by atoms with Gasteiger partial charge in [-0.05, 0) is 48.7 Å². The van der Waals surface area contributed by atoms with Crippen LogP contribution in [0.1, 0.15) is 41.5 Å². The number of hydrogen-bond donors (Lipinski definition) is 1. The number of benzene rings is 1. The highest BCUT2D eigenvalue weighted by atomic mass is 16.5. The van der Waals surface area contributed by atoms with Gasteiger partial charge < -0.3 is 14.5 Å². The van der Waals surface area contributed by atoms with Gasteiger partial charge in [0.25, 0.3) is 5.91 Å². The Morgan fingerprint density at radius 1 is 1.19 bits per heavy atom. The topological polar surface area (TPSA) is 82.2 Å². The molecule has 0 saturated heterocycles. The van der Waals surface area contributed by atoms with Crippen LogP contribution in [0.15, 0.2) is 53.1 Å². The predicted octanol–water partition coefficient (Wildman–Crippen LogP) is 4.67. The van der Waals surface area contributed by atoms with Crippen LogP contribution in [0.5, 0.6) is 5.75 Å². The average Bonchev–Trinajstić information content (AvgIpc) is 3.40. The zero-order chi connectivity index (χ0) is 22.1. The highest BCUT2D eigenvalue weighted by molar-refractivity contribution is 6.07. The van der Waals surface area contributed by atoms with Gasteiger partial charge in [0.1, 0.15) is 11.4 Å². The van der Waals surface area contributed by atoms with Gasteiger partial charge in [-0.25, -0.2) is 4.98 Å². The maximum atomic E-state index is 13.5. The van der Waals surface area contributed by atoms with Crippen molar-refractivity contribution in [2.24, 2.45) is 13.0 Å². The molecule has 0 bridgehead atoms. The molecular formula is C24H26N4O3. The summed E-state index contributed by atoms with van der Waals surface area (Å²) in [5.74, 6) is 1.40. The molecule has 0 aliphatic heterocycles. The molecule has 0 saturated carbocycles. The lowest BCUT2D eigenvalue weighted by Crippen LogP contribution is -2.32. The number of amides is 1. The van der Waals surface area contributed by atoms with Gasteiger partial charge in [-0.2, -0.15) is 5.10 Å². The number of carbonyl (C=O) groups excluding carboxylic acids is 1. The van der Waals surface area contributed by atoms with E-state index < -0.39 is 0 Å². The maximum Gasteiger partial charge on any atom is 0.252 e. The van der Waals surface area contributed by atoms with Gasteiger partial charge in [-0.3, -0.25) is 9.48 Å². The van der Waals surface area contributed by atoms with Gasteiger partial charge in [0.2, 0.25) is 0 Å². The minimum absolute atomic E-state index is 0.161. The number of nitrogens with zero attached hydrogens (tertiary/aromatic N) is 3. The lowest BCUT2D eigenvalue weighted by molar-refractivity contribution is 0.0927. The third-order valence-corrected chi connectivity index (χ3v) is 5.42.